The van der Waals surface area contributed by atoms with E-state index < -0.39 is 0 Å². The number of aromatic nitrogens is 1. The Hall–Kier alpha value is -2.30. The molecule has 0 aromatic carbocycles. The third kappa shape index (κ3) is 3.35. The van der Waals surface area contributed by atoms with E-state index >= 15 is 0 Å². The number of rotatable bonds is 4. The third-order valence-corrected chi connectivity index (χ3v) is 2.56. The van der Waals surface area contributed by atoms with Crippen LogP contribution in [-0.2, 0) is 6.54 Å². The van der Waals surface area contributed by atoms with Gasteiger partial charge in [0.1, 0.15) is 5.76 Å². The van der Waals surface area contributed by atoms with Gasteiger partial charge in [-0.05, 0) is 36.8 Å². The van der Waals surface area contributed by atoms with Crippen LogP contribution in [0.15, 0.2) is 47.3 Å². The Morgan fingerprint density at radius 2 is 2.17 bits per heavy atom. The normalized spacial score (nSPS) is 11.8. The molecule has 18 heavy (non-hydrogen) atoms. The Kier molecular flexibility index (Phi) is 3.96. The van der Waals surface area contributed by atoms with Gasteiger partial charge in [0.05, 0.1) is 18.8 Å². The van der Waals surface area contributed by atoms with Gasteiger partial charge in [0, 0.05) is 12.4 Å². The van der Waals surface area contributed by atoms with Crippen molar-refractivity contribution in [3.05, 3.63) is 54.2 Å². The molecule has 2 amide bonds. The first-order valence-corrected chi connectivity index (χ1v) is 5.72. The molecule has 2 heterocycles. The average molecular weight is 245 g/mol. The SMILES string of the molecule is C[C@H](NC(=O)NCc1ccco1)c1ccncc1. The predicted octanol–water partition coefficient (Wildman–Crippen LogP) is 2.24. The lowest BCUT2D eigenvalue weighted by Crippen LogP contribution is -2.36. The van der Waals surface area contributed by atoms with E-state index in [1.54, 1.807) is 24.7 Å². The van der Waals surface area contributed by atoms with Crippen LogP contribution in [0.1, 0.15) is 24.3 Å². The first-order chi connectivity index (χ1) is 8.75. The molecule has 0 aliphatic heterocycles. The monoisotopic (exact) mass is 245 g/mol. The van der Waals surface area contributed by atoms with Gasteiger partial charge in [-0.1, -0.05) is 0 Å². The van der Waals surface area contributed by atoms with Gasteiger partial charge in [0.15, 0.2) is 0 Å². The molecule has 2 aromatic rings. The maximum atomic E-state index is 11.6. The van der Waals surface area contributed by atoms with Crippen LogP contribution in [0.2, 0.25) is 0 Å². The summed E-state index contributed by atoms with van der Waals surface area (Å²) in [5, 5.41) is 5.57. The van der Waals surface area contributed by atoms with Gasteiger partial charge in [-0.3, -0.25) is 4.98 Å². The average Bonchev–Trinajstić information content (AvgIpc) is 2.90. The summed E-state index contributed by atoms with van der Waals surface area (Å²) < 4.78 is 5.12. The highest BCUT2D eigenvalue weighted by atomic mass is 16.3. The molecular formula is C13H15N3O2. The third-order valence-electron chi connectivity index (χ3n) is 2.56. The quantitative estimate of drug-likeness (QED) is 0.868. The van der Waals surface area contributed by atoms with Crippen molar-refractivity contribution >= 4 is 6.03 Å². The predicted molar refractivity (Wildman–Crippen MR) is 66.7 cm³/mol. The van der Waals surface area contributed by atoms with Crippen LogP contribution in [0.3, 0.4) is 0 Å². The van der Waals surface area contributed by atoms with Crippen molar-refractivity contribution in [2.24, 2.45) is 0 Å². The molecule has 0 aliphatic carbocycles. The minimum Gasteiger partial charge on any atom is -0.467 e. The maximum absolute atomic E-state index is 11.6. The van der Waals surface area contributed by atoms with E-state index in [2.05, 4.69) is 15.6 Å². The lowest BCUT2D eigenvalue weighted by atomic mass is 10.1. The number of urea groups is 1. The second-order valence-corrected chi connectivity index (χ2v) is 3.91. The van der Waals surface area contributed by atoms with Crippen molar-refractivity contribution < 1.29 is 9.21 Å². The van der Waals surface area contributed by atoms with Crippen LogP contribution in [0.25, 0.3) is 0 Å². The molecule has 5 heteroatoms. The molecule has 0 aliphatic rings. The molecule has 0 saturated carbocycles. The van der Waals surface area contributed by atoms with Crippen LogP contribution in [0.5, 0.6) is 0 Å². The van der Waals surface area contributed by atoms with Crippen LogP contribution < -0.4 is 10.6 Å². The molecule has 2 aromatic heterocycles. The van der Waals surface area contributed by atoms with Crippen LogP contribution in [-0.4, -0.2) is 11.0 Å². The Bertz CT molecular complexity index is 482. The Morgan fingerprint density at radius 1 is 1.39 bits per heavy atom. The second-order valence-electron chi connectivity index (χ2n) is 3.91. The molecule has 1 atom stereocenters. The number of pyridine rings is 1. The first kappa shape index (κ1) is 12.2. The zero-order valence-electron chi connectivity index (χ0n) is 10.1. The highest BCUT2D eigenvalue weighted by molar-refractivity contribution is 5.74. The zero-order chi connectivity index (χ0) is 12.8. The van der Waals surface area contributed by atoms with E-state index in [0.29, 0.717) is 6.54 Å². The summed E-state index contributed by atoms with van der Waals surface area (Å²) in [5.74, 6) is 0.724. The van der Waals surface area contributed by atoms with Gasteiger partial charge in [-0.2, -0.15) is 0 Å². The molecule has 0 radical (unpaired) electrons. The van der Waals surface area contributed by atoms with E-state index in [0.717, 1.165) is 11.3 Å². The topological polar surface area (TPSA) is 67.2 Å². The van der Waals surface area contributed by atoms with Gasteiger partial charge < -0.3 is 15.1 Å². The van der Waals surface area contributed by atoms with Crippen molar-refractivity contribution in [1.29, 1.82) is 0 Å². The summed E-state index contributed by atoms with van der Waals surface area (Å²) in [6, 6.07) is 7.05. The van der Waals surface area contributed by atoms with Crippen LogP contribution >= 0.6 is 0 Å². The van der Waals surface area contributed by atoms with Crippen molar-refractivity contribution in [3.8, 4) is 0 Å². The summed E-state index contributed by atoms with van der Waals surface area (Å²) in [4.78, 5) is 15.6. The van der Waals surface area contributed by atoms with E-state index in [-0.39, 0.29) is 12.1 Å². The summed E-state index contributed by atoms with van der Waals surface area (Å²) in [7, 11) is 0. The van der Waals surface area contributed by atoms with Gasteiger partial charge in [-0.25, -0.2) is 4.79 Å². The van der Waals surface area contributed by atoms with E-state index in [4.69, 9.17) is 4.42 Å². The van der Waals surface area contributed by atoms with Gasteiger partial charge in [-0.15, -0.1) is 0 Å². The number of hydrogen-bond donors (Lipinski definition) is 2. The number of hydrogen-bond acceptors (Lipinski definition) is 3. The first-order valence-electron chi connectivity index (χ1n) is 5.72. The number of amides is 2. The highest BCUT2D eigenvalue weighted by Gasteiger charge is 2.08. The van der Waals surface area contributed by atoms with Crippen molar-refractivity contribution in [1.82, 2.24) is 15.6 Å². The smallest absolute Gasteiger partial charge is 0.315 e. The van der Waals surface area contributed by atoms with Crippen LogP contribution in [0.4, 0.5) is 4.79 Å². The fourth-order valence-electron chi connectivity index (χ4n) is 1.56. The Labute approximate surface area is 105 Å². The van der Waals surface area contributed by atoms with Crippen molar-refractivity contribution in [2.75, 3.05) is 0 Å². The number of carbonyl (C=O) groups excluding carboxylic acids is 1. The minimum absolute atomic E-state index is 0.0652. The molecule has 5 nitrogen and oxygen atoms in total. The maximum Gasteiger partial charge on any atom is 0.315 e. The largest absolute Gasteiger partial charge is 0.467 e. The fourth-order valence-corrected chi connectivity index (χ4v) is 1.56. The number of furan rings is 1. The van der Waals surface area contributed by atoms with E-state index in [1.807, 2.05) is 25.1 Å². The van der Waals surface area contributed by atoms with E-state index in [1.165, 1.54) is 0 Å². The van der Waals surface area contributed by atoms with Crippen molar-refractivity contribution in [3.63, 3.8) is 0 Å². The summed E-state index contributed by atoms with van der Waals surface area (Å²) in [6.07, 6.45) is 4.98. The van der Waals surface area contributed by atoms with Crippen molar-refractivity contribution in [2.45, 2.75) is 19.5 Å². The Morgan fingerprint density at radius 3 is 2.83 bits per heavy atom. The molecule has 0 saturated heterocycles. The molecular weight excluding hydrogens is 230 g/mol. The number of carbonyl (C=O) groups is 1. The zero-order valence-corrected chi connectivity index (χ0v) is 10.1. The van der Waals surface area contributed by atoms with Gasteiger partial charge in [0.25, 0.3) is 0 Å². The van der Waals surface area contributed by atoms with Gasteiger partial charge in [0.2, 0.25) is 0 Å². The summed E-state index contributed by atoms with van der Waals surface area (Å²) in [5.41, 5.74) is 1.01. The lowest BCUT2D eigenvalue weighted by Gasteiger charge is -2.14. The van der Waals surface area contributed by atoms with E-state index in [9.17, 15) is 4.79 Å². The summed E-state index contributed by atoms with van der Waals surface area (Å²) >= 11 is 0. The molecule has 0 bridgehead atoms. The van der Waals surface area contributed by atoms with Gasteiger partial charge >= 0.3 is 6.03 Å². The molecule has 94 valence electrons. The van der Waals surface area contributed by atoms with Crippen LogP contribution in [0, 0.1) is 0 Å². The molecule has 0 unspecified atom stereocenters. The Balaban J connectivity index is 1.80. The molecule has 0 spiro atoms. The molecule has 0 fully saturated rings. The fraction of sp³-hybridized carbons (Fsp3) is 0.231. The minimum atomic E-state index is -0.226. The lowest BCUT2D eigenvalue weighted by molar-refractivity contribution is 0.236. The summed E-state index contributed by atoms with van der Waals surface area (Å²) in [6.45, 7) is 2.30. The second kappa shape index (κ2) is 5.86. The molecule has 2 rings (SSSR count). The standard InChI is InChI=1S/C13H15N3O2/c1-10(11-4-6-14-7-5-11)16-13(17)15-9-12-3-2-8-18-12/h2-8,10H,9H2,1H3,(H2,15,16,17)/t10-/m0/s1. The highest BCUT2D eigenvalue weighted by Crippen LogP contribution is 2.09. The number of nitrogens with one attached hydrogen (secondary N) is 2. The number of nitrogens with zero attached hydrogens (tertiary/aromatic N) is 1. The molecule has 2 N–H and O–H groups in total.